The summed E-state index contributed by atoms with van der Waals surface area (Å²) >= 11 is 0. The molecule has 0 amide bonds. The average molecular weight is 233 g/mol. The molecule has 4 nitrogen and oxygen atoms in total. The summed E-state index contributed by atoms with van der Waals surface area (Å²) in [5.74, 6) is 0.656. The van der Waals surface area contributed by atoms with E-state index < -0.39 is 0 Å². The molecule has 1 unspecified atom stereocenters. The molecule has 1 aromatic heterocycles. The number of hydrogen-bond donors (Lipinski definition) is 1. The van der Waals surface area contributed by atoms with Crippen LogP contribution in [-0.2, 0) is 4.74 Å². The smallest absolute Gasteiger partial charge is 0.144 e. The molecule has 0 fully saturated rings. The van der Waals surface area contributed by atoms with Crippen LogP contribution >= 0.6 is 0 Å². The number of rotatable bonds is 6. The van der Waals surface area contributed by atoms with Crippen LogP contribution < -0.4 is 5.32 Å². The summed E-state index contributed by atoms with van der Waals surface area (Å²) < 4.78 is 5.16. The van der Waals surface area contributed by atoms with Crippen molar-refractivity contribution in [2.45, 2.75) is 32.7 Å². The van der Waals surface area contributed by atoms with Crippen molar-refractivity contribution in [1.29, 1.82) is 5.26 Å². The van der Waals surface area contributed by atoms with Crippen LogP contribution in [0.3, 0.4) is 0 Å². The van der Waals surface area contributed by atoms with Crippen LogP contribution in [0.25, 0.3) is 0 Å². The number of aryl methyl sites for hydroxylation is 1. The predicted octanol–water partition coefficient (Wildman–Crippen LogP) is 2.49. The maximum atomic E-state index is 9.11. The van der Waals surface area contributed by atoms with E-state index in [-0.39, 0.29) is 6.04 Å². The largest absolute Gasteiger partial charge is 0.383 e. The van der Waals surface area contributed by atoms with Gasteiger partial charge in [-0.25, -0.2) is 4.98 Å². The quantitative estimate of drug-likeness (QED) is 0.820. The Labute approximate surface area is 103 Å². The minimum atomic E-state index is 0.200. The fraction of sp³-hybridized carbons (Fsp3) is 0.538. The molecule has 0 aliphatic carbocycles. The molecule has 1 aromatic rings. The summed E-state index contributed by atoms with van der Waals surface area (Å²) in [5, 5.41) is 12.4. The SMILES string of the molecule is CCCC(COC)Nc1nccc(C)c1C#N. The van der Waals surface area contributed by atoms with Crippen molar-refractivity contribution in [2.24, 2.45) is 0 Å². The molecule has 0 saturated heterocycles. The van der Waals surface area contributed by atoms with Crippen LogP contribution in [0.15, 0.2) is 12.3 Å². The zero-order valence-electron chi connectivity index (χ0n) is 10.7. The number of hydrogen-bond acceptors (Lipinski definition) is 4. The highest BCUT2D eigenvalue weighted by atomic mass is 16.5. The van der Waals surface area contributed by atoms with E-state index in [1.54, 1.807) is 13.3 Å². The van der Waals surface area contributed by atoms with E-state index in [2.05, 4.69) is 23.3 Å². The molecule has 0 radical (unpaired) electrons. The fourth-order valence-electron chi connectivity index (χ4n) is 1.75. The first kappa shape index (κ1) is 13.5. The standard InChI is InChI=1S/C13H19N3O/c1-4-5-11(9-17-3)16-13-12(8-14)10(2)6-7-15-13/h6-7,11H,4-5,9H2,1-3H3,(H,15,16). The van der Waals surface area contributed by atoms with Crippen LogP contribution in [0.2, 0.25) is 0 Å². The van der Waals surface area contributed by atoms with Gasteiger partial charge in [-0.05, 0) is 25.0 Å². The molecule has 0 aromatic carbocycles. The summed E-state index contributed by atoms with van der Waals surface area (Å²) in [6, 6.07) is 4.23. The van der Waals surface area contributed by atoms with E-state index in [4.69, 9.17) is 10.00 Å². The number of anilines is 1. The first-order valence-electron chi connectivity index (χ1n) is 5.84. The Kier molecular flexibility index (Phi) is 5.44. The topological polar surface area (TPSA) is 57.9 Å². The number of nitrogens with zero attached hydrogens (tertiary/aromatic N) is 2. The van der Waals surface area contributed by atoms with Gasteiger partial charge in [0.25, 0.3) is 0 Å². The maximum Gasteiger partial charge on any atom is 0.144 e. The maximum absolute atomic E-state index is 9.11. The van der Waals surface area contributed by atoms with Gasteiger partial charge in [-0.1, -0.05) is 13.3 Å². The molecule has 1 N–H and O–H groups in total. The van der Waals surface area contributed by atoms with Gasteiger partial charge in [0.2, 0.25) is 0 Å². The highest BCUT2D eigenvalue weighted by Crippen LogP contribution is 2.17. The Bertz CT molecular complexity index is 392. The van der Waals surface area contributed by atoms with Crippen molar-refractivity contribution in [1.82, 2.24) is 4.98 Å². The Morgan fingerprint density at radius 1 is 1.59 bits per heavy atom. The van der Waals surface area contributed by atoms with Crippen molar-refractivity contribution in [3.63, 3.8) is 0 Å². The monoisotopic (exact) mass is 233 g/mol. The molecular weight excluding hydrogens is 214 g/mol. The lowest BCUT2D eigenvalue weighted by atomic mass is 10.1. The average Bonchev–Trinajstić information content (AvgIpc) is 2.30. The molecule has 0 saturated carbocycles. The Morgan fingerprint density at radius 3 is 2.94 bits per heavy atom. The third kappa shape index (κ3) is 3.72. The van der Waals surface area contributed by atoms with Gasteiger partial charge >= 0.3 is 0 Å². The van der Waals surface area contributed by atoms with Crippen LogP contribution in [0.4, 0.5) is 5.82 Å². The molecule has 0 aliphatic rings. The summed E-state index contributed by atoms with van der Waals surface area (Å²) in [4.78, 5) is 4.23. The zero-order valence-corrected chi connectivity index (χ0v) is 10.7. The summed E-state index contributed by atoms with van der Waals surface area (Å²) in [5.41, 5.74) is 1.56. The van der Waals surface area contributed by atoms with Gasteiger partial charge in [0.05, 0.1) is 18.2 Å². The second kappa shape index (κ2) is 6.87. The molecular formula is C13H19N3O. The Hall–Kier alpha value is -1.60. The number of methoxy groups -OCH3 is 1. The molecule has 1 heterocycles. The number of pyridine rings is 1. The molecule has 0 spiro atoms. The third-order valence-corrected chi connectivity index (χ3v) is 2.62. The highest BCUT2D eigenvalue weighted by Gasteiger charge is 2.12. The lowest BCUT2D eigenvalue weighted by Crippen LogP contribution is -2.25. The van der Waals surface area contributed by atoms with Crippen molar-refractivity contribution in [2.75, 3.05) is 19.0 Å². The van der Waals surface area contributed by atoms with Crippen molar-refractivity contribution in [3.8, 4) is 6.07 Å². The second-order valence-electron chi connectivity index (χ2n) is 4.05. The van der Waals surface area contributed by atoms with Gasteiger partial charge in [-0.15, -0.1) is 0 Å². The van der Waals surface area contributed by atoms with E-state index in [0.717, 1.165) is 18.4 Å². The van der Waals surface area contributed by atoms with E-state index >= 15 is 0 Å². The lowest BCUT2D eigenvalue weighted by Gasteiger charge is -2.18. The summed E-state index contributed by atoms with van der Waals surface area (Å²) in [6.45, 7) is 4.66. The minimum absolute atomic E-state index is 0.200. The fourth-order valence-corrected chi connectivity index (χ4v) is 1.75. The van der Waals surface area contributed by atoms with Crippen molar-refractivity contribution < 1.29 is 4.74 Å². The molecule has 92 valence electrons. The van der Waals surface area contributed by atoms with Crippen LogP contribution in [0.5, 0.6) is 0 Å². The number of nitrogens with one attached hydrogen (secondary N) is 1. The zero-order chi connectivity index (χ0) is 12.7. The molecule has 0 aliphatic heterocycles. The third-order valence-electron chi connectivity index (χ3n) is 2.62. The summed E-state index contributed by atoms with van der Waals surface area (Å²) in [7, 11) is 1.68. The minimum Gasteiger partial charge on any atom is -0.383 e. The second-order valence-corrected chi connectivity index (χ2v) is 4.05. The van der Waals surface area contributed by atoms with E-state index in [9.17, 15) is 0 Å². The first-order valence-corrected chi connectivity index (χ1v) is 5.84. The van der Waals surface area contributed by atoms with E-state index in [1.165, 1.54) is 0 Å². The van der Waals surface area contributed by atoms with Gasteiger partial charge in [-0.3, -0.25) is 0 Å². The van der Waals surface area contributed by atoms with Crippen LogP contribution in [0, 0.1) is 18.3 Å². The normalized spacial score (nSPS) is 11.9. The number of nitriles is 1. The Morgan fingerprint density at radius 2 is 2.35 bits per heavy atom. The van der Waals surface area contributed by atoms with Gasteiger partial charge in [0.15, 0.2) is 0 Å². The van der Waals surface area contributed by atoms with Gasteiger partial charge in [-0.2, -0.15) is 5.26 Å². The van der Waals surface area contributed by atoms with Gasteiger partial charge in [0, 0.05) is 13.3 Å². The van der Waals surface area contributed by atoms with Crippen molar-refractivity contribution >= 4 is 5.82 Å². The molecule has 1 rings (SSSR count). The lowest BCUT2D eigenvalue weighted by molar-refractivity contribution is 0.182. The first-order chi connectivity index (χ1) is 8.22. The molecule has 4 heteroatoms. The molecule has 1 atom stereocenters. The number of ether oxygens (including phenoxy) is 1. The Balaban J connectivity index is 2.85. The van der Waals surface area contributed by atoms with Crippen LogP contribution in [0.1, 0.15) is 30.9 Å². The molecule has 0 bridgehead atoms. The van der Waals surface area contributed by atoms with Crippen LogP contribution in [-0.4, -0.2) is 24.7 Å². The van der Waals surface area contributed by atoms with Crippen molar-refractivity contribution in [3.05, 3.63) is 23.4 Å². The van der Waals surface area contributed by atoms with E-state index in [0.29, 0.717) is 18.0 Å². The highest BCUT2D eigenvalue weighted by molar-refractivity contribution is 5.55. The van der Waals surface area contributed by atoms with Gasteiger partial charge in [0.1, 0.15) is 11.9 Å². The predicted molar refractivity (Wildman–Crippen MR) is 67.9 cm³/mol. The number of aromatic nitrogens is 1. The molecule has 17 heavy (non-hydrogen) atoms. The van der Waals surface area contributed by atoms with Gasteiger partial charge < -0.3 is 10.1 Å². The summed E-state index contributed by atoms with van der Waals surface area (Å²) in [6.07, 6.45) is 3.78. The van der Waals surface area contributed by atoms with E-state index in [1.807, 2.05) is 13.0 Å².